The predicted molar refractivity (Wildman–Crippen MR) is 54.7 cm³/mol. The summed E-state index contributed by atoms with van der Waals surface area (Å²) in [4.78, 5) is 10.9. The zero-order chi connectivity index (χ0) is 9.97. The lowest BCUT2D eigenvalue weighted by Crippen LogP contribution is -2.10. The first-order chi connectivity index (χ1) is 6.79. The van der Waals surface area contributed by atoms with Crippen molar-refractivity contribution in [2.75, 3.05) is 0 Å². The van der Waals surface area contributed by atoms with E-state index in [1.165, 1.54) is 0 Å². The Kier molecular flexibility index (Phi) is 2.19. The summed E-state index contributed by atoms with van der Waals surface area (Å²) in [7, 11) is 0. The van der Waals surface area contributed by atoms with Crippen LogP contribution in [0.2, 0.25) is 0 Å². The molecule has 1 unspecified atom stereocenters. The fraction of sp³-hybridized carbons (Fsp3) is 0.0833. The molecule has 70 valence electrons. The second-order valence-corrected chi connectivity index (χ2v) is 3.19. The molecule has 1 N–H and O–H groups in total. The molecule has 1 atom stereocenters. The van der Waals surface area contributed by atoms with Crippen molar-refractivity contribution in [1.82, 2.24) is 0 Å². The van der Waals surface area contributed by atoms with E-state index < -0.39 is 11.9 Å². The minimum Gasteiger partial charge on any atom is -0.481 e. The van der Waals surface area contributed by atoms with Crippen LogP contribution in [0.25, 0.3) is 0 Å². The lowest BCUT2D eigenvalue weighted by Gasteiger charge is -2.06. The van der Waals surface area contributed by atoms with Gasteiger partial charge >= 0.3 is 5.97 Å². The first-order valence-electron chi connectivity index (χ1n) is 4.45. The molecule has 2 aliphatic rings. The molecule has 2 heteroatoms. The van der Waals surface area contributed by atoms with Crippen LogP contribution in [0, 0.1) is 5.92 Å². The summed E-state index contributed by atoms with van der Waals surface area (Å²) >= 11 is 0. The molecule has 0 saturated carbocycles. The van der Waals surface area contributed by atoms with E-state index in [2.05, 4.69) is 0 Å². The molecular weight excluding hydrogens is 176 g/mol. The number of carbonyl (C=O) groups is 1. The molecule has 2 rings (SSSR count). The van der Waals surface area contributed by atoms with E-state index in [1.807, 2.05) is 42.5 Å². The molecule has 0 bridgehead atoms. The third-order valence-electron chi connectivity index (χ3n) is 2.29. The van der Waals surface area contributed by atoms with Crippen molar-refractivity contribution < 1.29 is 9.90 Å². The number of allylic oxidation sites excluding steroid dienone is 8. The van der Waals surface area contributed by atoms with Crippen LogP contribution in [-0.4, -0.2) is 11.1 Å². The number of hydrogen-bond donors (Lipinski definition) is 1. The predicted octanol–water partition coefficient (Wildman–Crippen LogP) is 2.24. The third-order valence-corrected chi connectivity index (χ3v) is 2.29. The van der Waals surface area contributed by atoms with Crippen LogP contribution in [0.15, 0.2) is 59.8 Å². The highest BCUT2D eigenvalue weighted by molar-refractivity contribution is 5.80. The molecule has 0 aromatic carbocycles. The Bertz CT molecular complexity index is 406. The van der Waals surface area contributed by atoms with Gasteiger partial charge in [-0.25, -0.2) is 0 Å². The van der Waals surface area contributed by atoms with Crippen molar-refractivity contribution in [3.63, 3.8) is 0 Å². The van der Waals surface area contributed by atoms with Crippen LogP contribution >= 0.6 is 0 Å². The third kappa shape index (κ3) is 1.46. The lowest BCUT2D eigenvalue weighted by atomic mass is 9.99. The number of hydrogen-bond acceptors (Lipinski definition) is 1. The zero-order valence-electron chi connectivity index (χ0n) is 7.55. The number of carboxylic acid groups (broad SMARTS) is 1. The molecule has 0 fully saturated rings. The molecule has 0 aromatic heterocycles. The van der Waals surface area contributed by atoms with Gasteiger partial charge in [0.1, 0.15) is 5.92 Å². The summed E-state index contributed by atoms with van der Waals surface area (Å²) < 4.78 is 0. The molecule has 0 radical (unpaired) electrons. The number of carboxylic acids is 1. The van der Waals surface area contributed by atoms with E-state index in [4.69, 9.17) is 5.11 Å². The molecule has 0 saturated heterocycles. The van der Waals surface area contributed by atoms with Crippen molar-refractivity contribution in [2.24, 2.45) is 5.92 Å². The van der Waals surface area contributed by atoms with Crippen LogP contribution in [0.1, 0.15) is 0 Å². The normalized spacial score (nSPS) is 28.1. The second kappa shape index (κ2) is 3.50. The summed E-state index contributed by atoms with van der Waals surface area (Å²) in [6, 6.07) is 0. The first kappa shape index (κ1) is 8.75. The molecule has 0 aromatic rings. The van der Waals surface area contributed by atoms with Gasteiger partial charge in [0.05, 0.1) is 0 Å². The summed E-state index contributed by atoms with van der Waals surface area (Å²) in [5.74, 6) is -1.29. The summed E-state index contributed by atoms with van der Waals surface area (Å²) in [6.07, 6.45) is 14.9. The zero-order valence-corrected chi connectivity index (χ0v) is 7.55. The summed E-state index contributed by atoms with van der Waals surface area (Å²) in [6.45, 7) is 0. The van der Waals surface area contributed by atoms with Crippen molar-refractivity contribution in [3.8, 4) is 0 Å². The fourth-order valence-corrected chi connectivity index (χ4v) is 1.59. The SMILES string of the molecule is O=C(O)C1C=CC2=C1/C=C\C=C/C=C2. The van der Waals surface area contributed by atoms with E-state index in [-0.39, 0.29) is 0 Å². The van der Waals surface area contributed by atoms with E-state index in [0.29, 0.717) is 0 Å². The molecule has 2 nitrogen and oxygen atoms in total. The van der Waals surface area contributed by atoms with E-state index >= 15 is 0 Å². The highest BCUT2D eigenvalue weighted by Crippen LogP contribution is 2.28. The van der Waals surface area contributed by atoms with Gasteiger partial charge in [-0.05, 0) is 11.1 Å². The molecule has 0 spiro atoms. The van der Waals surface area contributed by atoms with Crippen LogP contribution in [0.5, 0.6) is 0 Å². The Morgan fingerprint density at radius 2 is 1.79 bits per heavy atom. The quantitative estimate of drug-likeness (QED) is 0.681. The smallest absolute Gasteiger partial charge is 0.314 e. The average molecular weight is 186 g/mol. The van der Waals surface area contributed by atoms with Crippen LogP contribution in [0.3, 0.4) is 0 Å². The Morgan fingerprint density at radius 3 is 2.50 bits per heavy atom. The van der Waals surface area contributed by atoms with Gasteiger partial charge in [-0.3, -0.25) is 4.79 Å². The van der Waals surface area contributed by atoms with Crippen LogP contribution in [0.4, 0.5) is 0 Å². The maximum atomic E-state index is 10.9. The van der Waals surface area contributed by atoms with Crippen molar-refractivity contribution in [1.29, 1.82) is 0 Å². The maximum Gasteiger partial charge on any atom is 0.314 e. The first-order valence-corrected chi connectivity index (χ1v) is 4.45. The molecular formula is C12H10O2. The van der Waals surface area contributed by atoms with Gasteiger partial charge in [0, 0.05) is 0 Å². The standard InChI is InChI=1S/C12H10O2/c13-12(14)11-8-7-9-5-3-1-2-4-6-10(9)11/h1-8,11H,(H,13,14)/b2-1-,3-1?,4-2?,5-3?,6-4-,9-5?,10-6?. The Balaban J connectivity index is 2.40. The van der Waals surface area contributed by atoms with E-state index in [1.54, 1.807) is 6.08 Å². The highest BCUT2D eigenvalue weighted by atomic mass is 16.4. The molecule has 0 aliphatic heterocycles. The van der Waals surface area contributed by atoms with Gasteiger partial charge in [-0.15, -0.1) is 0 Å². The molecule has 0 heterocycles. The highest BCUT2D eigenvalue weighted by Gasteiger charge is 2.23. The maximum absolute atomic E-state index is 10.9. The number of aliphatic carboxylic acids is 1. The summed E-state index contributed by atoms with van der Waals surface area (Å²) in [5.41, 5.74) is 1.84. The minimum absolute atomic E-state index is 0.489. The van der Waals surface area contributed by atoms with Crippen molar-refractivity contribution >= 4 is 5.97 Å². The lowest BCUT2D eigenvalue weighted by molar-refractivity contribution is -0.138. The molecule has 2 aliphatic carbocycles. The second-order valence-electron chi connectivity index (χ2n) is 3.19. The Labute approximate surface area is 82.2 Å². The fourth-order valence-electron chi connectivity index (χ4n) is 1.59. The van der Waals surface area contributed by atoms with Crippen LogP contribution in [-0.2, 0) is 4.79 Å². The van der Waals surface area contributed by atoms with Gasteiger partial charge in [0.25, 0.3) is 0 Å². The largest absolute Gasteiger partial charge is 0.481 e. The van der Waals surface area contributed by atoms with Gasteiger partial charge in [0.15, 0.2) is 0 Å². The average Bonchev–Trinajstić information content (AvgIpc) is 2.47. The van der Waals surface area contributed by atoms with E-state index in [9.17, 15) is 4.79 Å². The summed E-state index contributed by atoms with van der Waals surface area (Å²) in [5, 5.41) is 8.95. The topological polar surface area (TPSA) is 37.3 Å². The molecule has 0 amide bonds. The Morgan fingerprint density at radius 1 is 1.07 bits per heavy atom. The minimum atomic E-state index is -0.797. The number of rotatable bonds is 1. The Hall–Kier alpha value is -1.83. The molecule has 14 heavy (non-hydrogen) atoms. The van der Waals surface area contributed by atoms with Crippen molar-refractivity contribution in [2.45, 2.75) is 0 Å². The van der Waals surface area contributed by atoms with E-state index in [0.717, 1.165) is 11.1 Å². The van der Waals surface area contributed by atoms with Gasteiger partial charge in [-0.1, -0.05) is 48.6 Å². The van der Waals surface area contributed by atoms with Gasteiger partial charge in [0.2, 0.25) is 0 Å². The van der Waals surface area contributed by atoms with Gasteiger partial charge in [-0.2, -0.15) is 0 Å². The van der Waals surface area contributed by atoms with Crippen LogP contribution < -0.4 is 0 Å². The van der Waals surface area contributed by atoms with Gasteiger partial charge < -0.3 is 5.11 Å². The monoisotopic (exact) mass is 186 g/mol. The van der Waals surface area contributed by atoms with Crippen molar-refractivity contribution in [3.05, 3.63) is 59.8 Å².